The summed E-state index contributed by atoms with van der Waals surface area (Å²) in [5.74, 6) is -1.19. The molecular formula is C16H17ClN8O2. The molecule has 1 fully saturated rings. The molecule has 0 radical (unpaired) electrons. The predicted octanol–water partition coefficient (Wildman–Crippen LogP) is 0.855. The second-order valence-corrected chi connectivity index (χ2v) is 6.63. The van der Waals surface area contributed by atoms with E-state index in [1.54, 1.807) is 23.1 Å². The molecule has 10 nitrogen and oxygen atoms in total. The van der Waals surface area contributed by atoms with Gasteiger partial charge in [-0.3, -0.25) is 14.3 Å². The number of anilines is 1. The fourth-order valence-corrected chi connectivity index (χ4v) is 3.26. The summed E-state index contributed by atoms with van der Waals surface area (Å²) >= 11 is 5.91. The van der Waals surface area contributed by atoms with E-state index in [9.17, 15) is 9.59 Å². The molecule has 4 heterocycles. The van der Waals surface area contributed by atoms with Gasteiger partial charge in [-0.25, -0.2) is 9.50 Å². The van der Waals surface area contributed by atoms with Crippen molar-refractivity contribution in [2.75, 3.05) is 18.4 Å². The normalized spacial score (nSPS) is 15.1. The minimum absolute atomic E-state index is 0.0179. The third-order valence-electron chi connectivity index (χ3n) is 4.48. The highest BCUT2D eigenvalue weighted by Gasteiger charge is 2.23. The van der Waals surface area contributed by atoms with Crippen molar-refractivity contribution in [3.05, 3.63) is 41.1 Å². The summed E-state index contributed by atoms with van der Waals surface area (Å²) < 4.78 is 3.13. The molecule has 2 amide bonds. The van der Waals surface area contributed by atoms with E-state index in [2.05, 4.69) is 25.8 Å². The Morgan fingerprint density at radius 3 is 2.85 bits per heavy atom. The lowest BCUT2D eigenvalue weighted by Crippen LogP contribution is -2.29. The fraction of sp³-hybridized carbons (Fsp3) is 0.312. The second kappa shape index (κ2) is 6.97. The first-order chi connectivity index (χ1) is 13.0. The van der Waals surface area contributed by atoms with Crippen molar-refractivity contribution in [1.82, 2.24) is 29.7 Å². The third-order valence-corrected chi connectivity index (χ3v) is 4.69. The molecule has 0 unspecified atom stereocenters. The van der Waals surface area contributed by atoms with E-state index in [0.29, 0.717) is 5.65 Å². The van der Waals surface area contributed by atoms with E-state index < -0.39 is 11.8 Å². The van der Waals surface area contributed by atoms with Gasteiger partial charge in [0.25, 0.3) is 11.8 Å². The summed E-state index contributed by atoms with van der Waals surface area (Å²) in [5.41, 5.74) is 6.25. The number of piperidine rings is 1. The minimum atomic E-state index is -0.709. The van der Waals surface area contributed by atoms with Gasteiger partial charge < -0.3 is 16.4 Å². The number of amides is 2. The monoisotopic (exact) mass is 388 g/mol. The first-order valence-electron chi connectivity index (χ1n) is 8.44. The van der Waals surface area contributed by atoms with Crippen LogP contribution in [0.3, 0.4) is 0 Å². The average Bonchev–Trinajstić information content (AvgIpc) is 3.26. The second-order valence-electron chi connectivity index (χ2n) is 6.25. The molecule has 0 saturated carbocycles. The van der Waals surface area contributed by atoms with Crippen LogP contribution in [0.4, 0.5) is 5.69 Å². The Kier molecular flexibility index (Phi) is 4.50. The molecule has 4 rings (SSSR count). The summed E-state index contributed by atoms with van der Waals surface area (Å²) in [7, 11) is 0. The molecule has 0 aromatic carbocycles. The van der Waals surface area contributed by atoms with Crippen LogP contribution < -0.4 is 16.4 Å². The molecule has 3 aromatic heterocycles. The Hall–Kier alpha value is -2.98. The number of nitrogens with two attached hydrogens (primary N) is 1. The highest BCUT2D eigenvalue weighted by atomic mass is 35.5. The number of nitrogens with one attached hydrogen (secondary N) is 2. The molecule has 1 aliphatic heterocycles. The van der Waals surface area contributed by atoms with E-state index in [0.717, 1.165) is 25.9 Å². The molecule has 0 spiro atoms. The third kappa shape index (κ3) is 3.36. The van der Waals surface area contributed by atoms with Gasteiger partial charge in [0.05, 0.1) is 17.9 Å². The topological polar surface area (TPSA) is 132 Å². The largest absolute Gasteiger partial charge is 0.364 e. The zero-order chi connectivity index (χ0) is 19.0. The van der Waals surface area contributed by atoms with Crippen molar-refractivity contribution in [2.45, 2.75) is 18.9 Å². The molecule has 11 heteroatoms. The van der Waals surface area contributed by atoms with Crippen molar-refractivity contribution < 1.29 is 9.59 Å². The van der Waals surface area contributed by atoms with Gasteiger partial charge in [-0.2, -0.15) is 10.2 Å². The van der Waals surface area contributed by atoms with Crippen LogP contribution in [-0.2, 0) is 0 Å². The fourth-order valence-electron chi connectivity index (χ4n) is 3.12. The van der Waals surface area contributed by atoms with Gasteiger partial charge >= 0.3 is 0 Å². The highest BCUT2D eigenvalue weighted by molar-refractivity contribution is 6.29. The first kappa shape index (κ1) is 17.4. The summed E-state index contributed by atoms with van der Waals surface area (Å²) in [6.07, 6.45) is 6.38. The summed E-state index contributed by atoms with van der Waals surface area (Å²) in [5, 5.41) is 14.6. The van der Waals surface area contributed by atoms with Gasteiger partial charge in [-0.05, 0) is 32.0 Å². The molecular weight excluding hydrogens is 372 g/mol. The summed E-state index contributed by atoms with van der Waals surface area (Å²) in [6.45, 7) is 1.74. The molecule has 4 N–H and O–H groups in total. The molecule has 140 valence electrons. The maximum Gasteiger partial charge on any atom is 0.271 e. The number of hydrogen-bond donors (Lipinski definition) is 3. The Labute approximate surface area is 158 Å². The van der Waals surface area contributed by atoms with Crippen LogP contribution >= 0.6 is 11.6 Å². The number of primary amides is 1. The van der Waals surface area contributed by atoms with Gasteiger partial charge in [0.2, 0.25) is 0 Å². The van der Waals surface area contributed by atoms with Gasteiger partial charge in [-0.15, -0.1) is 0 Å². The van der Waals surface area contributed by atoms with E-state index in [1.165, 1.54) is 10.7 Å². The van der Waals surface area contributed by atoms with Crippen LogP contribution in [0.5, 0.6) is 0 Å². The van der Waals surface area contributed by atoms with Crippen molar-refractivity contribution in [3.63, 3.8) is 0 Å². The number of carbonyl (C=O) groups excluding carboxylic acids is 2. The van der Waals surface area contributed by atoms with E-state index >= 15 is 0 Å². The molecule has 1 aliphatic rings. The smallest absolute Gasteiger partial charge is 0.271 e. The number of aromatic nitrogens is 5. The van der Waals surface area contributed by atoms with Crippen LogP contribution in [0.25, 0.3) is 5.65 Å². The minimum Gasteiger partial charge on any atom is -0.364 e. The lowest BCUT2D eigenvalue weighted by molar-refractivity contribution is 0.0995. The maximum atomic E-state index is 12.7. The zero-order valence-electron chi connectivity index (χ0n) is 14.2. The molecule has 0 bridgehead atoms. The maximum absolute atomic E-state index is 12.7. The standard InChI is InChI=1S/C16H17ClN8O2/c17-12-3-6-24-15(22-12)10(7-20-24)16(27)21-11-8-25(23-13(11)14(18)26)9-1-4-19-5-2-9/h3,6-9,19H,1-2,4-5H2,(H2,18,26)(H,21,27). The Bertz CT molecular complexity index is 1020. The Balaban J connectivity index is 1.64. The molecule has 1 saturated heterocycles. The van der Waals surface area contributed by atoms with Gasteiger partial charge in [0.15, 0.2) is 11.3 Å². The van der Waals surface area contributed by atoms with E-state index in [4.69, 9.17) is 17.3 Å². The number of halogens is 1. The lowest BCUT2D eigenvalue weighted by Gasteiger charge is -2.22. The van der Waals surface area contributed by atoms with Gasteiger partial charge in [0, 0.05) is 12.4 Å². The molecule has 27 heavy (non-hydrogen) atoms. The predicted molar refractivity (Wildman–Crippen MR) is 97.8 cm³/mol. The molecule has 0 atom stereocenters. The molecule has 3 aromatic rings. The Morgan fingerprint density at radius 2 is 2.11 bits per heavy atom. The van der Waals surface area contributed by atoms with Crippen molar-refractivity contribution in [3.8, 4) is 0 Å². The van der Waals surface area contributed by atoms with E-state index in [1.807, 2.05) is 0 Å². The highest BCUT2D eigenvalue weighted by Crippen LogP contribution is 2.23. The van der Waals surface area contributed by atoms with Crippen LogP contribution in [0.15, 0.2) is 24.7 Å². The summed E-state index contributed by atoms with van der Waals surface area (Å²) in [6, 6.07) is 1.71. The quantitative estimate of drug-likeness (QED) is 0.568. The van der Waals surface area contributed by atoms with Gasteiger partial charge in [0.1, 0.15) is 10.7 Å². The van der Waals surface area contributed by atoms with Crippen LogP contribution in [-0.4, -0.2) is 49.3 Å². The zero-order valence-corrected chi connectivity index (χ0v) is 15.0. The number of hydrogen-bond acceptors (Lipinski definition) is 6. The lowest BCUT2D eigenvalue weighted by atomic mass is 10.1. The number of fused-ring (bicyclic) bond motifs is 1. The number of rotatable bonds is 4. The van der Waals surface area contributed by atoms with Crippen LogP contribution in [0.2, 0.25) is 5.15 Å². The molecule has 0 aliphatic carbocycles. The van der Waals surface area contributed by atoms with Crippen molar-refractivity contribution >= 4 is 34.7 Å². The van der Waals surface area contributed by atoms with Crippen molar-refractivity contribution in [1.29, 1.82) is 0 Å². The van der Waals surface area contributed by atoms with Gasteiger partial charge in [-0.1, -0.05) is 11.6 Å². The first-order valence-corrected chi connectivity index (χ1v) is 8.81. The SMILES string of the molecule is NC(=O)c1nn(C2CCNCC2)cc1NC(=O)c1cnn2ccc(Cl)nc12. The average molecular weight is 389 g/mol. The van der Waals surface area contributed by atoms with Crippen LogP contribution in [0.1, 0.15) is 39.7 Å². The van der Waals surface area contributed by atoms with Crippen molar-refractivity contribution in [2.24, 2.45) is 5.73 Å². The van der Waals surface area contributed by atoms with Crippen LogP contribution in [0, 0.1) is 0 Å². The number of carbonyl (C=O) groups is 2. The van der Waals surface area contributed by atoms with E-state index in [-0.39, 0.29) is 28.1 Å². The number of nitrogens with zero attached hydrogens (tertiary/aromatic N) is 5. The summed E-state index contributed by atoms with van der Waals surface area (Å²) in [4.78, 5) is 28.6. The Morgan fingerprint density at radius 1 is 1.33 bits per heavy atom.